The summed E-state index contributed by atoms with van der Waals surface area (Å²) < 4.78 is 0. The minimum atomic E-state index is 0.737. The van der Waals surface area contributed by atoms with Crippen molar-refractivity contribution in [3.05, 3.63) is 78.4 Å². The normalized spacial score (nSPS) is 10.8. The minimum Gasteiger partial charge on any atom is -0.248 e. The van der Waals surface area contributed by atoms with Crippen molar-refractivity contribution >= 4 is 0 Å². The second-order valence-electron chi connectivity index (χ2n) is 6.53. The molecule has 5 heteroatoms. The number of hydrogen-bond donors (Lipinski definition) is 0. The zero-order chi connectivity index (χ0) is 18.8. The predicted molar refractivity (Wildman–Crippen MR) is 106 cm³/mol. The summed E-state index contributed by atoms with van der Waals surface area (Å²) in [4.78, 5) is 22.1. The summed E-state index contributed by atoms with van der Waals surface area (Å²) in [5.74, 6) is 1.49. The van der Waals surface area contributed by atoms with Gasteiger partial charge in [-0.2, -0.15) is 0 Å². The Bertz CT molecular complexity index is 915. The zero-order valence-corrected chi connectivity index (χ0v) is 15.5. The van der Waals surface area contributed by atoms with E-state index in [1.807, 2.05) is 32.3 Å². The van der Waals surface area contributed by atoms with Crippen molar-refractivity contribution in [2.24, 2.45) is 0 Å². The van der Waals surface area contributed by atoms with Gasteiger partial charge in [0.15, 0.2) is 0 Å². The number of nitrogens with zero attached hydrogens (tertiary/aromatic N) is 5. The van der Waals surface area contributed by atoms with E-state index in [1.165, 1.54) is 5.56 Å². The maximum Gasteiger partial charge on any atom is 0.125 e. The van der Waals surface area contributed by atoms with Crippen molar-refractivity contribution in [2.45, 2.75) is 20.8 Å². The van der Waals surface area contributed by atoms with E-state index in [0.29, 0.717) is 0 Å². The summed E-state index contributed by atoms with van der Waals surface area (Å²) in [5, 5.41) is 0. The standard InChI is InChI=1S/C22H19N5/c1-14-4-6-17(7-5-14)21-8-18(19-10-23-15(2)24-11-19)9-22(27-21)20-12-25-16(3)26-13-20/h4-13H,1-3H3. The van der Waals surface area contributed by atoms with E-state index < -0.39 is 0 Å². The molecular weight excluding hydrogens is 334 g/mol. The van der Waals surface area contributed by atoms with E-state index in [2.05, 4.69) is 57.2 Å². The molecule has 0 spiro atoms. The Kier molecular flexibility index (Phi) is 4.42. The molecule has 0 fully saturated rings. The third-order valence-electron chi connectivity index (χ3n) is 4.36. The smallest absolute Gasteiger partial charge is 0.125 e. The van der Waals surface area contributed by atoms with Crippen LogP contribution in [0.5, 0.6) is 0 Å². The van der Waals surface area contributed by atoms with Gasteiger partial charge < -0.3 is 0 Å². The van der Waals surface area contributed by atoms with Gasteiger partial charge in [0, 0.05) is 41.5 Å². The van der Waals surface area contributed by atoms with Crippen LogP contribution in [-0.2, 0) is 0 Å². The highest BCUT2D eigenvalue weighted by Gasteiger charge is 2.10. The topological polar surface area (TPSA) is 64.5 Å². The number of pyridine rings is 1. The Morgan fingerprint density at radius 3 is 1.56 bits per heavy atom. The lowest BCUT2D eigenvalue weighted by Gasteiger charge is -2.10. The molecule has 0 saturated carbocycles. The molecule has 0 aliphatic rings. The van der Waals surface area contributed by atoms with Crippen molar-refractivity contribution in [1.82, 2.24) is 24.9 Å². The van der Waals surface area contributed by atoms with Crippen LogP contribution in [0.3, 0.4) is 0 Å². The highest BCUT2D eigenvalue weighted by atomic mass is 14.9. The number of aryl methyl sites for hydroxylation is 3. The molecule has 3 aromatic heterocycles. The predicted octanol–water partition coefficient (Wildman–Crippen LogP) is 4.59. The summed E-state index contributed by atoms with van der Waals surface area (Å²) in [7, 11) is 0. The second kappa shape index (κ2) is 7.03. The van der Waals surface area contributed by atoms with Crippen LogP contribution in [0.15, 0.2) is 61.2 Å². The van der Waals surface area contributed by atoms with Crippen LogP contribution in [0, 0.1) is 20.8 Å². The van der Waals surface area contributed by atoms with Crippen LogP contribution >= 0.6 is 0 Å². The van der Waals surface area contributed by atoms with Gasteiger partial charge in [0.1, 0.15) is 11.6 Å². The third-order valence-corrected chi connectivity index (χ3v) is 4.36. The van der Waals surface area contributed by atoms with E-state index in [9.17, 15) is 0 Å². The maximum absolute atomic E-state index is 4.86. The molecule has 1 aromatic carbocycles. The highest BCUT2D eigenvalue weighted by Crippen LogP contribution is 2.29. The molecular formula is C22H19N5. The van der Waals surface area contributed by atoms with Gasteiger partial charge in [-0.3, -0.25) is 0 Å². The monoisotopic (exact) mass is 353 g/mol. The highest BCUT2D eigenvalue weighted by molar-refractivity contribution is 5.75. The van der Waals surface area contributed by atoms with Crippen LogP contribution in [0.4, 0.5) is 0 Å². The summed E-state index contributed by atoms with van der Waals surface area (Å²) in [6.07, 6.45) is 7.29. The molecule has 4 aromatic rings. The molecule has 0 aliphatic heterocycles. The Morgan fingerprint density at radius 1 is 0.519 bits per heavy atom. The van der Waals surface area contributed by atoms with Gasteiger partial charge in [-0.1, -0.05) is 29.8 Å². The molecule has 0 saturated heterocycles. The van der Waals surface area contributed by atoms with Gasteiger partial charge in [-0.05, 0) is 38.5 Å². The lowest BCUT2D eigenvalue weighted by atomic mass is 10.0. The molecule has 132 valence electrons. The largest absolute Gasteiger partial charge is 0.248 e. The average Bonchev–Trinajstić information content (AvgIpc) is 2.69. The average molecular weight is 353 g/mol. The molecule has 0 bridgehead atoms. The SMILES string of the molecule is Cc1ccc(-c2cc(-c3cnc(C)nc3)cc(-c3cnc(C)nc3)n2)cc1. The molecule has 0 unspecified atom stereocenters. The lowest BCUT2D eigenvalue weighted by molar-refractivity contribution is 1.05. The first-order valence-electron chi connectivity index (χ1n) is 8.76. The Hall–Kier alpha value is -3.47. The Balaban J connectivity index is 1.89. The van der Waals surface area contributed by atoms with Crippen LogP contribution in [-0.4, -0.2) is 24.9 Å². The van der Waals surface area contributed by atoms with E-state index in [4.69, 9.17) is 4.98 Å². The van der Waals surface area contributed by atoms with Crippen LogP contribution in [0.25, 0.3) is 33.6 Å². The summed E-state index contributed by atoms with van der Waals surface area (Å²) in [5.41, 5.74) is 6.83. The molecule has 0 amide bonds. The van der Waals surface area contributed by atoms with Gasteiger partial charge in [0.05, 0.1) is 11.4 Å². The molecule has 0 radical (unpaired) electrons. The first kappa shape index (κ1) is 17.0. The van der Waals surface area contributed by atoms with Gasteiger partial charge in [-0.25, -0.2) is 24.9 Å². The number of aromatic nitrogens is 5. The minimum absolute atomic E-state index is 0.737. The Morgan fingerprint density at radius 2 is 1.00 bits per heavy atom. The van der Waals surface area contributed by atoms with Crippen molar-refractivity contribution < 1.29 is 0 Å². The summed E-state index contributed by atoms with van der Waals surface area (Å²) >= 11 is 0. The molecule has 5 nitrogen and oxygen atoms in total. The van der Waals surface area contributed by atoms with E-state index >= 15 is 0 Å². The summed E-state index contributed by atoms with van der Waals surface area (Å²) in [6, 6.07) is 12.4. The molecule has 0 atom stereocenters. The fourth-order valence-electron chi connectivity index (χ4n) is 2.78. The molecule has 27 heavy (non-hydrogen) atoms. The van der Waals surface area contributed by atoms with Gasteiger partial charge >= 0.3 is 0 Å². The molecule has 0 aliphatic carbocycles. The number of hydrogen-bond acceptors (Lipinski definition) is 5. The summed E-state index contributed by atoms with van der Waals surface area (Å²) in [6.45, 7) is 5.82. The number of benzene rings is 1. The molecule has 0 N–H and O–H groups in total. The van der Waals surface area contributed by atoms with E-state index in [1.54, 1.807) is 12.4 Å². The van der Waals surface area contributed by atoms with E-state index in [0.717, 1.165) is 45.3 Å². The quantitative estimate of drug-likeness (QED) is 0.539. The van der Waals surface area contributed by atoms with Crippen molar-refractivity contribution in [3.63, 3.8) is 0 Å². The zero-order valence-electron chi connectivity index (χ0n) is 15.5. The third kappa shape index (κ3) is 3.72. The van der Waals surface area contributed by atoms with Crippen LogP contribution in [0.2, 0.25) is 0 Å². The van der Waals surface area contributed by atoms with Gasteiger partial charge in [0.25, 0.3) is 0 Å². The first-order valence-corrected chi connectivity index (χ1v) is 8.76. The van der Waals surface area contributed by atoms with Crippen LogP contribution in [0.1, 0.15) is 17.2 Å². The number of rotatable bonds is 3. The molecule has 3 heterocycles. The van der Waals surface area contributed by atoms with Crippen molar-refractivity contribution in [1.29, 1.82) is 0 Å². The Labute approximate surface area is 158 Å². The van der Waals surface area contributed by atoms with E-state index in [-0.39, 0.29) is 0 Å². The second-order valence-corrected chi connectivity index (χ2v) is 6.53. The molecule has 4 rings (SSSR count). The van der Waals surface area contributed by atoms with Gasteiger partial charge in [-0.15, -0.1) is 0 Å². The fourth-order valence-corrected chi connectivity index (χ4v) is 2.78. The van der Waals surface area contributed by atoms with Crippen molar-refractivity contribution in [3.8, 4) is 33.6 Å². The first-order chi connectivity index (χ1) is 13.1. The van der Waals surface area contributed by atoms with Crippen LogP contribution < -0.4 is 0 Å². The lowest BCUT2D eigenvalue weighted by Crippen LogP contribution is -1.95. The van der Waals surface area contributed by atoms with Gasteiger partial charge in [0.2, 0.25) is 0 Å². The maximum atomic E-state index is 4.86. The van der Waals surface area contributed by atoms with Crippen molar-refractivity contribution in [2.75, 3.05) is 0 Å². The fraction of sp³-hybridized carbons (Fsp3) is 0.136.